The van der Waals surface area contributed by atoms with Gasteiger partial charge >= 0.3 is 0 Å². The Balaban J connectivity index is 2.01. The van der Waals surface area contributed by atoms with E-state index in [2.05, 4.69) is 30.7 Å². The smallest absolute Gasteiger partial charge is 0.0637 e. The molecule has 3 nitrogen and oxygen atoms in total. The summed E-state index contributed by atoms with van der Waals surface area (Å²) in [6.07, 6.45) is 3.95. The molecule has 2 saturated heterocycles. The van der Waals surface area contributed by atoms with Crippen LogP contribution < -0.4 is 0 Å². The van der Waals surface area contributed by atoms with Gasteiger partial charge in [-0.3, -0.25) is 4.90 Å². The van der Waals surface area contributed by atoms with E-state index in [-0.39, 0.29) is 0 Å². The van der Waals surface area contributed by atoms with Crippen LogP contribution in [0.4, 0.5) is 0 Å². The molecule has 0 aromatic carbocycles. The van der Waals surface area contributed by atoms with Crippen molar-refractivity contribution in [2.75, 3.05) is 39.9 Å². The highest BCUT2D eigenvalue weighted by atomic mass is 16.5. The first-order chi connectivity index (χ1) is 8.22. The van der Waals surface area contributed by atoms with Crippen LogP contribution in [0.15, 0.2) is 0 Å². The highest BCUT2D eigenvalue weighted by Gasteiger charge is 2.35. The maximum atomic E-state index is 5.73. The molecule has 17 heavy (non-hydrogen) atoms. The van der Waals surface area contributed by atoms with Gasteiger partial charge in [0, 0.05) is 18.6 Å². The molecule has 0 N–H and O–H groups in total. The standard InChI is InChI=1S/C14H28N2O/c1-4-6-16-8-9-17-11-14(16)13-10-12(2)5-7-15(13)3/h12-14H,4-11H2,1-3H3. The summed E-state index contributed by atoms with van der Waals surface area (Å²) >= 11 is 0. The number of rotatable bonds is 3. The van der Waals surface area contributed by atoms with E-state index in [0.717, 1.165) is 25.7 Å². The molecule has 2 aliphatic rings. The summed E-state index contributed by atoms with van der Waals surface area (Å²) in [6.45, 7) is 10.1. The Bertz CT molecular complexity index is 232. The fraction of sp³-hybridized carbons (Fsp3) is 1.00. The van der Waals surface area contributed by atoms with E-state index in [9.17, 15) is 0 Å². The Morgan fingerprint density at radius 1 is 1.24 bits per heavy atom. The van der Waals surface area contributed by atoms with Crippen molar-refractivity contribution in [2.24, 2.45) is 5.92 Å². The summed E-state index contributed by atoms with van der Waals surface area (Å²) in [7, 11) is 2.29. The Morgan fingerprint density at radius 2 is 2.06 bits per heavy atom. The van der Waals surface area contributed by atoms with E-state index in [0.29, 0.717) is 12.1 Å². The number of hydrogen-bond donors (Lipinski definition) is 0. The van der Waals surface area contributed by atoms with E-state index >= 15 is 0 Å². The molecule has 0 spiro atoms. The first-order valence-corrected chi connectivity index (χ1v) is 7.24. The van der Waals surface area contributed by atoms with Gasteiger partial charge < -0.3 is 9.64 Å². The predicted molar refractivity (Wildman–Crippen MR) is 71.3 cm³/mol. The second-order valence-electron chi connectivity index (χ2n) is 5.86. The molecule has 2 rings (SSSR count). The predicted octanol–water partition coefficient (Wildman–Crippen LogP) is 1.83. The van der Waals surface area contributed by atoms with Crippen LogP contribution in [0, 0.1) is 5.92 Å². The van der Waals surface area contributed by atoms with Crippen molar-refractivity contribution >= 4 is 0 Å². The molecule has 0 saturated carbocycles. The monoisotopic (exact) mass is 240 g/mol. The van der Waals surface area contributed by atoms with Crippen LogP contribution in [0.3, 0.4) is 0 Å². The third-order valence-corrected chi connectivity index (χ3v) is 4.42. The summed E-state index contributed by atoms with van der Waals surface area (Å²) in [5, 5.41) is 0. The van der Waals surface area contributed by atoms with Crippen LogP contribution in [0.5, 0.6) is 0 Å². The normalized spacial score (nSPS) is 37.2. The van der Waals surface area contributed by atoms with Gasteiger partial charge in [0.25, 0.3) is 0 Å². The molecule has 2 aliphatic heterocycles. The van der Waals surface area contributed by atoms with Crippen molar-refractivity contribution in [3.63, 3.8) is 0 Å². The Kier molecular flexibility index (Phi) is 4.83. The maximum absolute atomic E-state index is 5.73. The lowest BCUT2D eigenvalue weighted by atomic mass is 9.88. The summed E-state index contributed by atoms with van der Waals surface area (Å²) in [4.78, 5) is 5.21. The van der Waals surface area contributed by atoms with Gasteiger partial charge in [0.2, 0.25) is 0 Å². The summed E-state index contributed by atoms with van der Waals surface area (Å²) in [5.74, 6) is 0.876. The summed E-state index contributed by atoms with van der Waals surface area (Å²) in [6, 6.07) is 1.32. The highest BCUT2D eigenvalue weighted by molar-refractivity contribution is 4.91. The van der Waals surface area contributed by atoms with Gasteiger partial charge in [-0.2, -0.15) is 0 Å². The number of nitrogens with zero attached hydrogens (tertiary/aromatic N) is 2. The third-order valence-electron chi connectivity index (χ3n) is 4.42. The zero-order chi connectivity index (χ0) is 12.3. The van der Waals surface area contributed by atoms with Gasteiger partial charge in [-0.25, -0.2) is 0 Å². The Labute approximate surface area is 106 Å². The topological polar surface area (TPSA) is 15.7 Å². The minimum atomic E-state index is 0.622. The van der Waals surface area contributed by atoms with Crippen LogP contribution in [0.25, 0.3) is 0 Å². The molecular formula is C14H28N2O. The van der Waals surface area contributed by atoms with Crippen molar-refractivity contribution in [1.82, 2.24) is 9.80 Å². The van der Waals surface area contributed by atoms with E-state index < -0.39 is 0 Å². The molecule has 0 bridgehead atoms. The number of piperidine rings is 1. The lowest BCUT2D eigenvalue weighted by molar-refractivity contribution is -0.0516. The molecule has 0 aliphatic carbocycles. The zero-order valence-corrected chi connectivity index (χ0v) is 11.7. The first-order valence-electron chi connectivity index (χ1n) is 7.24. The summed E-state index contributed by atoms with van der Waals surface area (Å²) in [5.41, 5.74) is 0. The van der Waals surface area contributed by atoms with Gasteiger partial charge in [0.05, 0.1) is 13.2 Å². The molecule has 100 valence electrons. The van der Waals surface area contributed by atoms with Gasteiger partial charge in [0.15, 0.2) is 0 Å². The van der Waals surface area contributed by atoms with Crippen LogP contribution >= 0.6 is 0 Å². The van der Waals surface area contributed by atoms with Crippen LogP contribution in [0.2, 0.25) is 0 Å². The molecule has 3 heteroatoms. The second-order valence-corrected chi connectivity index (χ2v) is 5.86. The number of hydrogen-bond acceptors (Lipinski definition) is 3. The molecule has 0 aromatic rings. The average molecular weight is 240 g/mol. The largest absolute Gasteiger partial charge is 0.378 e. The fourth-order valence-corrected chi connectivity index (χ4v) is 3.33. The van der Waals surface area contributed by atoms with Gasteiger partial charge in [-0.15, -0.1) is 0 Å². The third kappa shape index (κ3) is 3.21. The maximum Gasteiger partial charge on any atom is 0.0637 e. The molecule has 3 atom stereocenters. The van der Waals surface area contributed by atoms with Gasteiger partial charge in [-0.05, 0) is 45.3 Å². The molecule has 2 heterocycles. The molecule has 0 aromatic heterocycles. The van der Waals surface area contributed by atoms with E-state index in [1.807, 2.05) is 0 Å². The van der Waals surface area contributed by atoms with E-state index in [1.54, 1.807) is 0 Å². The number of morpholine rings is 1. The molecular weight excluding hydrogens is 212 g/mol. The molecule has 0 amide bonds. The van der Waals surface area contributed by atoms with Gasteiger partial charge in [0.1, 0.15) is 0 Å². The second kappa shape index (κ2) is 6.17. The Hall–Kier alpha value is -0.120. The molecule has 0 radical (unpaired) electrons. The van der Waals surface area contributed by atoms with Crippen molar-refractivity contribution in [1.29, 1.82) is 0 Å². The zero-order valence-electron chi connectivity index (χ0n) is 11.7. The van der Waals surface area contributed by atoms with Crippen LogP contribution in [-0.4, -0.2) is 61.8 Å². The van der Waals surface area contributed by atoms with Crippen molar-refractivity contribution in [3.05, 3.63) is 0 Å². The summed E-state index contributed by atoms with van der Waals surface area (Å²) < 4.78 is 5.73. The number of likely N-dealkylation sites (N-methyl/N-ethyl adjacent to an activating group) is 1. The lowest BCUT2D eigenvalue weighted by Gasteiger charge is -2.46. The van der Waals surface area contributed by atoms with E-state index in [1.165, 1.54) is 32.4 Å². The Morgan fingerprint density at radius 3 is 2.82 bits per heavy atom. The van der Waals surface area contributed by atoms with Crippen molar-refractivity contribution in [3.8, 4) is 0 Å². The van der Waals surface area contributed by atoms with Crippen LogP contribution in [-0.2, 0) is 4.74 Å². The quantitative estimate of drug-likeness (QED) is 0.748. The van der Waals surface area contributed by atoms with Crippen LogP contribution in [0.1, 0.15) is 33.1 Å². The van der Waals surface area contributed by atoms with Gasteiger partial charge in [-0.1, -0.05) is 13.8 Å². The lowest BCUT2D eigenvalue weighted by Crippen LogP contribution is -2.58. The van der Waals surface area contributed by atoms with Crippen molar-refractivity contribution < 1.29 is 4.74 Å². The molecule has 2 fully saturated rings. The SMILES string of the molecule is CCCN1CCOCC1C1CC(C)CCN1C. The first kappa shape index (κ1) is 13.3. The highest BCUT2D eigenvalue weighted by Crippen LogP contribution is 2.27. The minimum Gasteiger partial charge on any atom is -0.378 e. The average Bonchev–Trinajstić information content (AvgIpc) is 2.34. The van der Waals surface area contributed by atoms with E-state index in [4.69, 9.17) is 4.74 Å². The fourth-order valence-electron chi connectivity index (χ4n) is 3.33. The number of ether oxygens (including phenoxy) is 1. The van der Waals surface area contributed by atoms with Crippen molar-refractivity contribution in [2.45, 2.75) is 45.2 Å². The molecule has 3 unspecified atom stereocenters. The number of likely N-dealkylation sites (tertiary alicyclic amines) is 1. The minimum absolute atomic E-state index is 0.622.